The summed E-state index contributed by atoms with van der Waals surface area (Å²) in [6.45, 7) is 3.89. The number of anilines is 1. The summed E-state index contributed by atoms with van der Waals surface area (Å²) >= 11 is 0. The Balaban J connectivity index is 1.75. The highest BCUT2D eigenvalue weighted by atomic mass is 16.6. The molecule has 0 spiro atoms. The fourth-order valence-electron chi connectivity index (χ4n) is 2.33. The topological polar surface area (TPSA) is 98.5 Å². The van der Waals surface area contributed by atoms with Gasteiger partial charge < -0.3 is 10.1 Å². The second-order valence-corrected chi connectivity index (χ2v) is 5.95. The van der Waals surface area contributed by atoms with Gasteiger partial charge in [0, 0.05) is 24.2 Å². The third-order valence-corrected chi connectivity index (χ3v) is 3.76. The van der Waals surface area contributed by atoms with Crippen LogP contribution in [0.25, 0.3) is 0 Å². The molecule has 0 heterocycles. The van der Waals surface area contributed by atoms with Gasteiger partial charge in [-0.2, -0.15) is 0 Å². The normalized spacial score (nSPS) is 10.2. The van der Waals surface area contributed by atoms with Crippen molar-refractivity contribution in [3.63, 3.8) is 0 Å². The maximum atomic E-state index is 11.9. The van der Waals surface area contributed by atoms with E-state index < -0.39 is 10.9 Å². The van der Waals surface area contributed by atoms with Crippen molar-refractivity contribution in [3.05, 3.63) is 69.3 Å². The smallest absolute Gasteiger partial charge is 0.306 e. The van der Waals surface area contributed by atoms with Crippen molar-refractivity contribution in [2.45, 2.75) is 33.3 Å². The summed E-state index contributed by atoms with van der Waals surface area (Å²) in [5.41, 5.74) is 3.40. The molecule has 0 atom stereocenters. The summed E-state index contributed by atoms with van der Waals surface area (Å²) in [5, 5.41) is 13.4. The average molecular weight is 356 g/mol. The van der Waals surface area contributed by atoms with Crippen LogP contribution in [0.5, 0.6) is 0 Å². The van der Waals surface area contributed by atoms with Crippen LogP contribution in [0.4, 0.5) is 11.4 Å². The Hall–Kier alpha value is -3.22. The van der Waals surface area contributed by atoms with Gasteiger partial charge in [0.2, 0.25) is 5.91 Å². The molecule has 0 saturated carbocycles. The first-order chi connectivity index (χ1) is 12.3. The maximum absolute atomic E-state index is 11.9. The van der Waals surface area contributed by atoms with E-state index in [1.54, 1.807) is 0 Å². The van der Waals surface area contributed by atoms with E-state index in [0.29, 0.717) is 5.56 Å². The first-order valence-electron chi connectivity index (χ1n) is 8.11. The lowest BCUT2D eigenvalue weighted by Crippen LogP contribution is -2.15. The predicted octanol–water partition coefficient (Wildman–Crippen LogP) is 3.67. The van der Waals surface area contributed by atoms with Crippen molar-refractivity contribution in [2.75, 3.05) is 5.32 Å². The van der Waals surface area contributed by atoms with Gasteiger partial charge in [0.25, 0.3) is 5.69 Å². The van der Waals surface area contributed by atoms with E-state index >= 15 is 0 Å². The number of nitro groups is 1. The molecule has 7 nitrogen and oxygen atoms in total. The first kappa shape index (κ1) is 19.1. The molecule has 0 aliphatic heterocycles. The maximum Gasteiger partial charge on any atom is 0.306 e. The Morgan fingerprint density at radius 1 is 1.08 bits per heavy atom. The van der Waals surface area contributed by atoms with Crippen molar-refractivity contribution < 1.29 is 19.2 Å². The van der Waals surface area contributed by atoms with Gasteiger partial charge in [-0.3, -0.25) is 19.7 Å². The van der Waals surface area contributed by atoms with E-state index in [9.17, 15) is 19.7 Å². The largest absolute Gasteiger partial charge is 0.461 e. The molecule has 0 aliphatic rings. The number of nitrogens with one attached hydrogen (secondary N) is 1. The number of rotatable bonds is 7. The molecule has 1 amide bonds. The molecule has 0 saturated heterocycles. The zero-order chi connectivity index (χ0) is 19.1. The van der Waals surface area contributed by atoms with E-state index in [0.717, 1.165) is 16.8 Å². The number of nitro benzene ring substituents is 1. The molecule has 2 rings (SSSR count). The van der Waals surface area contributed by atoms with Gasteiger partial charge in [0.15, 0.2) is 0 Å². The molecule has 0 unspecified atom stereocenters. The highest BCUT2D eigenvalue weighted by Gasteiger charge is 2.10. The third kappa shape index (κ3) is 5.70. The summed E-state index contributed by atoms with van der Waals surface area (Å²) in [6.07, 6.45) is -0.0177. The number of ether oxygens (including phenoxy) is 1. The van der Waals surface area contributed by atoms with Gasteiger partial charge in [-0.25, -0.2) is 0 Å². The molecule has 0 aromatic heterocycles. The van der Waals surface area contributed by atoms with Gasteiger partial charge in [0.05, 0.1) is 11.3 Å². The Morgan fingerprint density at radius 3 is 2.38 bits per heavy atom. The number of nitrogens with zero attached hydrogens (tertiary/aromatic N) is 1. The Kier molecular flexibility index (Phi) is 6.43. The van der Waals surface area contributed by atoms with Crippen LogP contribution >= 0.6 is 0 Å². The van der Waals surface area contributed by atoms with Gasteiger partial charge in [-0.15, -0.1) is 0 Å². The third-order valence-electron chi connectivity index (χ3n) is 3.76. The van der Waals surface area contributed by atoms with E-state index in [-0.39, 0.29) is 31.0 Å². The monoisotopic (exact) mass is 356 g/mol. The number of esters is 1. The van der Waals surface area contributed by atoms with Crippen LogP contribution in [0.3, 0.4) is 0 Å². The molecule has 0 fully saturated rings. The highest BCUT2D eigenvalue weighted by molar-refractivity contribution is 5.93. The average Bonchev–Trinajstić information content (AvgIpc) is 2.61. The summed E-state index contributed by atoms with van der Waals surface area (Å²) in [7, 11) is 0. The molecular formula is C19H20N2O5. The molecule has 2 aromatic rings. The van der Waals surface area contributed by atoms with Gasteiger partial charge in [-0.1, -0.05) is 17.7 Å². The van der Waals surface area contributed by atoms with E-state index in [2.05, 4.69) is 5.32 Å². The van der Waals surface area contributed by atoms with Crippen LogP contribution in [0.1, 0.15) is 29.5 Å². The minimum atomic E-state index is -0.501. The zero-order valence-electron chi connectivity index (χ0n) is 14.7. The number of amides is 1. The molecule has 2 aromatic carbocycles. The highest BCUT2D eigenvalue weighted by Crippen LogP contribution is 2.16. The Labute approximate surface area is 151 Å². The van der Waals surface area contributed by atoms with Gasteiger partial charge in [-0.05, 0) is 43.2 Å². The lowest BCUT2D eigenvalue weighted by molar-refractivity contribution is -0.384. The lowest BCUT2D eigenvalue weighted by atomic mass is 10.1. The van der Waals surface area contributed by atoms with Crippen LogP contribution in [0.2, 0.25) is 0 Å². The number of benzene rings is 2. The van der Waals surface area contributed by atoms with Crippen molar-refractivity contribution in [1.82, 2.24) is 0 Å². The van der Waals surface area contributed by atoms with Crippen molar-refractivity contribution in [1.29, 1.82) is 0 Å². The minimum Gasteiger partial charge on any atom is -0.461 e. The van der Waals surface area contributed by atoms with Crippen LogP contribution < -0.4 is 5.32 Å². The summed E-state index contributed by atoms with van der Waals surface area (Å²) in [6, 6.07) is 11.4. The SMILES string of the molecule is Cc1ccc(NC(=O)CCC(=O)OCc2ccc([N+](=O)[O-])cc2)c(C)c1. The number of non-ortho nitro benzene ring substituents is 1. The molecule has 0 aliphatic carbocycles. The predicted molar refractivity (Wildman–Crippen MR) is 96.7 cm³/mol. The number of carbonyl (C=O) groups excluding carboxylic acids is 2. The second-order valence-electron chi connectivity index (χ2n) is 5.95. The quantitative estimate of drug-likeness (QED) is 0.463. The van der Waals surface area contributed by atoms with E-state index in [1.165, 1.54) is 24.3 Å². The Morgan fingerprint density at radius 2 is 1.77 bits per heavy atom. The van der Waals surface area contributed by atoms with Crippen molar-refractivity contribution in [3.8, 4) is 0 Å². The van der Waals surface area contributed by atoms with Crippen molar-refractivity contribution >= 4 is 23.3 Å². The minimum absolute atomic E-state index is 0.00944. The van der Waals surface area contributed by atoms with Crippen LogP contribution in [0, 0.1) is 24.0 Å². The van der Waals surface area contributed by atoms with Crippen molar-refractivity contribution in [2.24, 2.45) is 0 Å². The van der Waals surface area contributed by atoms with Gasteiger partial charge in [0.1, 0.15) is 6.61 Å². The van der Waals surface area contributed by atoms with Crippen LogP contribution in [0.15, 0.2) is 42.5 Å². The number of hydrogen-bond acceptors (Lipinski definition) is 5. The molecule has 136 valence electrons. The molecule has 1 N–H and O–H groups in total. The van der Waals surface area contributed by atoms with Crippen LogP contribution in [-0.4, -0.2) is 16.8 Å². The molecule has 7 heteroatoms. The van der Waals surface area contributed by atoms with E-state index in [4.69, 9.17) is 4.74 Å². The molecule has 0 radical (unpaired) electrons. The Bertz CT molecular complexity index is 815. The summed E-state index contributed by atoms with van der Waals surface area (Å²) in [5.74, 6) is -0.761. The first-order valence-corrected chi connectivity index (χ1v) is 8.11. The molecule has 26 heavy (non-hydrogen) atoms. The number of carbonyl (C=O) groups is 2. The summed E-state index contributed by atoms with van der Waals surface area (Å²) < 4.78 is 5.08. The fraction of sp³-hybridized carbons (Fsp3) is 0.263. The zero-order valence-corrected chi connectivity index (χ0v) is 14.7. The standard InChI is InChI=1S/C19H20N2O5/c1-13-3-8-17(14(2)11-13)20-18(22)9-10-19(23)26-12-15-4-6-16(7-5-15)21(24)25/h3-8,11H,9-10,12H2,1-2H3,(H,20,22). The van der Waals surface area contributed by atoms with Crippen LogP contribution in [-0.2, 0) is 20.9 Å². The number of aryl methyl sites for hydroxylation is 2. The fourth-order valence-corrected chi connectivity index (χ4v) is 2.33. The lowest BCUT2D eigenvalue weighted by Gasteiger charge is -2.09. The van der Waals surface area contributed by atoms with E-state index in [1.807, 2.05) is 32.0 Å². The molecule has 0 bridgehead atoms. The second kappa shape index (κ2) is 8.75. The molecular weight excluding hydrogens is 336 g/mol. The van der Waals surface area contributed by atoms with Gasteiger partial charge >= 0.3 is 5.97 Å². The number of hydrogen-bond donors (Lipinski definition) is 1. The summed E-state index contributed by atoms with van der Waals surface area (Å²) in [4.78, 5) is 33.8.